The van der Waals surface area contributed by atoms with Gasteiger partial charge >= 0.3 is 12.1 Å². The maximum Gasteiger partial charge on any atom is 0.416 e. The molecule has 3 aromatic rings. The highest BCUT2D eigenvalue weighted by Crippen LogP contribution is 2.29. The van der Waals surface area contributed by atoms with E-state index in [1.54, 1.807) is 10.6 Å². The first-order valence-corrected chi connectivity index (χ1v) is 7.25. The molecule has 0 radical (unpaired) electrons. The van der Waals surface area contributed by atoms with E-state index in [9.17, 15) is 23.1 Å². The van der Waals surface area contributed by atoms with Crippen LogP contribution in [-0.4, -0.2) is 15.6 Å². The van der Waals surface area contributed by atoms with Gasteiger partial charge < -0.3 is 9.67 Å². The fraction of sp³-hybridized carbons (Fsp3) is 0.167. The molecule has 0 fully saturated rings. The van der Waals surface area contributed by atoms with Gasteiger partial charge in [0.15, 0.2) is 0 Å². The second-order valence-electron chi connectivity index (χ2n) is 5.68. The Morgan fingerprint density at radius 3 is 2.33 bits per heavy atom. The molecule has 0 bridgehead atoms. The molecule has 0 atom stereocenters. The van der Waals surface area contributed by atoms with Gasteiger partial charge in [0.1, 0.15) is 5.69 Å². The highest BCUT2D eigenvalue weighted by atomic mass is 19.4. The maximum atomic E-state index is 12.6. The van der Waals surface area contributed by atoms with Gasteiger partial charge in [-0.25, -0.2) is 4.79 Å². The second kappa shape index (κ2) is 5.70. The van der Waals surface area contributed by atoms with Crippen molar-refractivity contribution in [2.75, 3.05) is 0 Å². The van der Waals surface area contributed by atoms with Crippen LogP contribution in [-0.2, 0) is 12.7 Å². The molecule has 0 amide bonds. The smallest absolute Gasteiger partial charge is 0.416 e. The minimum atomic E-state index is -4.39. The first kappa shape index (κ1) is 16.1. The van der Waals surface area contributed by atoms with Crippen LogP contribution in [0.25, 0.3) is 10.9 Å². The number of fused-ring (bicyclic) bond motifs is 1. The quantitative estimate of drug-likeness (QED) is 0.754. The Kier molecular flexibility index (Phi) is 3.83. The number of carbonyl (C=O) groups is 1. The molecule has 0 saturated carbocycles. The maximum absolute atomic E-state index is 12.6. The third kappa shape index (κ3) is 2.99. The van der Waals surface area contributed by atoms with Crippen molar-refractivity contribution in [3.63, 3.8) is 0 Å². The third-order valence-corrected chi connectivity index (χ3v) is 3.90. The van der Waals surface area contributed by atoms with E-state index in [1.807, 2.05) is 25.1 Å². The van der Waals surface area contributed by atoms with Gasteiger partial charge in [0, 0.05) is 17.4 Å². The van der Waals surface area contributed by atoms with Crippen LogP contribution in [0.2, 0.25) is 0 Å². The van der Waals surface area contributed by atoms with Crippen LogP contribution in [0, 0.1) is 6.92 Å². The minimum absolute atomic E-state index is 0.107. The Labute approximate surface area is 136 Å². The van der Waals surface area contributed by atoms with Crippen molar-refractivity contribution in [3.8, 4) is 0 Å². The molecule has 0 aliphatic rings. The van der Waals surface area contributed by atoms with Crippen LogP contribution >= 0.6 is 0 Å². The van der Waals surface area contributed by atoms with Crippen molar-refractivity contribution >= 4 is 16.9 Å². The van der Waals surface area contributed by atoms with Gasteiger partial charge in [-0.3, -0.25) is 0 Å². The standard InChI is InChI=1S/C18H14F3NO2/c1-11-2-7-15-13(8-11)9-16(17(23)24)22(15)10-12-3-5-14(6-4-12)18(19,20)21/h2-9H,10H2,1H3,(H,23,24). The molecule has 0 saturated heterocycles. The number of nitrogens with zero attached hydrogens (tertiary/aromatic N) is 1. The van der Waals surface area contributed by atoms with Gasteiger partial charge in [0.2, 0.25) is 0 Å². The molecule has 0 spiro atoms. The van der Waals surface area contributed by atoms with Crippen LogP contribution in [0.15, 0.2) is 48.5 Å². The van der Waals surface area contributed by atoms with E-state index in [0.717, 1.165) is 28.6 Å². The lowest BCUT2D eigenvalue weighted by atomic mass is 10.1. The summed E-state index contributed by atoms with van der Waals surface area (Å²) in [6.07, 6.45) is -4.39. The van der Waals surface area contributed by atoms with E-state index >= 15 is 0 Å². The van der Waals surface area contributed by atoms with Crippen LogP contribution in [0.3, 0.4) is 0 Å². The van der Waals surface area contributed by atoms with Gasteiger partial charge in [-0.2, -0.15) is 13.2 Å². The Bertz CT molecular complexity index is 908. The lowest BCUT2D eigenvalue weighted by molar-refractivity contribution is -0.137. The molecule has 124 valence electrons. The number of hydrogen-bond acceptors (Lipinski definition) is 1. The molecular weight excluding hydrogens is 319 g/mol. The molecule has 6 heteroatoms. The largest absolute Gasteiger partial charge is 0.477 e. The fourth-order valence-electron chi connectivity index (χ4n) is 2.72. The van der Waals surface area contributed by atoms with Gasteiger partial charge in [-0.15, -0.1) is 0 Å². The summed E-state index contributed by atoms with van der Waals surface area (Å²) in [4.78, 5) is 11.5. The van der Waals surface area contributed by atoms with E-state index in [-0.39, 0.29) is 12.2 Å². The summed E-state index contributed by atoms with van der Waals surface area (Å²) in [7, 11) is 0. The van der Waals surface area contributed by atoms with Crippen LogP contribution < -0.4 is 0 Å². The van der Waals surface area contributed by atoms with Gasteiger partial charge in [0.25, 0.3) is 0 Å². The molecule has 3 nitrogen and oxygen atoms in total. The number of halogens is 3. The van der Waals surface area contributed by atoms with Crippen molar-refractivity contribution < 1.29 is 23.1 Å². The van der Waals surface area contributed by atoms with Crippen LogP contribution in [0.4, 0.5) is 13.2 Å². The number of carboxylic acids is 1. The molecule has 1 aromatic heterocycles. The zero-order chi connectivity index (χ0) is 17.5. The Balaban J connectivity index is 2.03. The van der Waals surface area contributed by atoms with Crippen LogP contribution in [0.1, 0.15) is 27.2 Å². The number of benzene rings is 2. The van der Waals surface area contributed by atoms with Crippen LogP contribution in [0.5, 0.6) is 0 Å². The van der Waals surface area contributed by atoms with Gasteiger partial charge in [0.05, 0.1) is 5.56 Å². The molecule has 0 unspecified atom stereocenters. The normalized spacial score (nSPS) is 11.8. The topological polar surface area (TPSA) is 42.2 Å². The number of carboxylic acid groups (broad SMARTS) is 1. The molecule has 3 rings (SSSR count). The minimum Gasteiger partial charge on any atom is -0.477 e. The predicted molar refractivity (Wildman–Crippen MR) is 84.2 cm³/mol. The summed E-state index contributed by atoms with van der Waals surface area (Å²) in [5.41, 5.74) is 1.72. The molecule has 1 heterocycles. The highest BCUT2D eigenvalue weighted by Gasteiger charge is 2.30. The summed E-state index contributed by atoms with van der Waals surface area (Å²) in [6.45, 7) is 2.10. The average Bonchev–Trinajstić information content (AvgIpc) is 2.85. The van der Waals surface area contributed by atoms with Crippen molar-refractivity contribution in [3.05, 3.63) is 70.9 Å². The first-order valence-electron chi connectivity index (χ1n) is 7.25. The molecule has 0 aliphatic heterocycles. The lowest BCUT2D eigenvalue weighted by Gasteiger charge is -2.11. The summed E-state index contributed by atoms with van der Waals surface area (Å²) < 4.78 is 39.5. The lowest BCUT2D eigenvalue weighted by Crippen LogP contribution is -2.10. The Morgan fingerprint density at radius 2 is 1.75 bits per heavy atom. The summed E-state index contributed by atoms with van der Waals surface area (Å²) in [5.74, 6) is -1.07. The van der Waals surface area contributed by atoms with E-state index in [0.29, 0.717) is 5.56 Å². The van der Waals surface area contributed by atoms with Crippen molar-refractivity contribution in [2.45, 2.75) is 19.6 Å². The zero-order valence-corrected chi connectivity index (χ0v) is 12.8. The zero-order valence-electron chi connectivity index (χ0n) is 12.8. The molecule has 1 N–H and O–H groups in total. The number of alkyl halides is 3. The fourth-order valence-corrected chi connectivity index (χ4v) is 2.72. The predicted octanol–water partition coefficient (Wildman–Crippen LogP) is 4.72. The number of aryl methyl sites for hydroxylation is 1. The van der Waals surface area contributed by atoms with E-state index in [1.165, 1.54) is 12.1 Å². The average molecular weight is 333 g/mol. The molecule has 0 aliphatic carbocycles. The summed E-state index contributed by atoms with van der Waals surface area (Å²) in [6, 6.07) is 11.9. The van der Waals surface area contributed by atoms with E-state index in [2.05, 4.69) is 0 Å². The SMILES string of the molecule is Cc1ccc2c(c1)cc(C(=O)O)n2Cc1ccc(C(F)(F)F)cc1. The number of hydrogen-bond donors (Lipinski definition) is 1. The van der Waals surface area contributed by atoms with Gasteiger partial charge in [-0.1, -0.05) is 23.8 Å². The van der Waals surface area contributed by atoms with Gasteiger partial charge in [-0.05, 0) is 42.8 Å². The summed E-state index contributed by atoms with van der Waals surface area (Å²) >= 11 is 0. The molecule has 2 aromatic carbocycles. The Hall–Kier alpha value is -2.76. The molecule has 24 heavy (non-hydrogen) atoms. The van der Waals surface area contributed by atoms with E-state index in [4.69, 9.17) is 0 Å². The number of aromatic carboxylic acids is 1. The first-order chi connectivity index (χ1) is 11.3. The molecular formula is C18H14F3NO2. The number of aromatic nitrogens is 1. The van der Waals surface area contributed by atoms with Crippen molar-refractivity contribution in [2.24, 2.45) is 0 Å². The van der Waals surface area contributed by atoms with Crippen molar-refractivity contribution in [1.29, 1.82) is 0 Å². The van der Waals surface area contributed by atoms with Crippen molar-refractivity contribution in [1.82, 2.24) is 4.57 Å². The number of rotatable bonds is 3. The summed E-state index contributed by atoms with van der Waals surface area (Å²) in [5, 5.41) is 10.2. The second-order valence-corrected chi connectivity index (χ2v) is 5.68. The highest BCUT2D eigenvalue weighted by molar-refractivity contribution is 5.94. The Morgan fingerprint density at radius 1 is 1.08 bits per heavy atom. The van der Waals surface area contributed by atoms with E-state index < -0.39 is 17.7 Å². The third-order valence-electron chi connectivity index (χ3n) is 3.90. The monoisotopic (exact) mass is 333 g/mol.